The van der Waals surface area contributed by atoms with Crippen LogP contribution in [-0.4, -0.2) is 26.8 Å². The van der Waals surface area contributed by atoms with Crippen LogP contribution in [0.3, 0.4) is 0 Å². The first kappa shape index (κ1) is 14.5. The molecule has 19 heavy (non-hydrogen) atoms. The fourth-order valence-corrected chi connectivity index (χ4v) is 2.72. The molecule has 1 atom stereocenters. The zero-order chi connectivity index (χ0) is 13.5. The Morgan fingerprint density at radius 2 is 2.16 bits per heavy atom. The third-order valence-corrected chi connectivity index (χ3v) is 4.15. The van der Waals surface area contributed by atoms with Crippen LogP contribution in [0.4, 0.5) is 4.39 Å². The third-order valence-electron chi connectivity index (χ3n) is 4.15. The Bertz CT molecular complexity index is 379. The number of halogens is 1. The molecule has 0 bridgehead atoms. The van der Waals surface area contributed by atoms with Crippen molar-refractivity contribution in [2.24, 2.45) is 11.8 Å². The average molecular weight is 265 g/mol. The van der Waals surface area contributed by atoms with Gasteiger partial charge >= 0.3 is 0 Å². The van der Waals surface area contributed by atoms with Crippen LogP contribution in [0.2, 0.25) is 0 Å². The molecular weight excluding hydrogens is 241 g/mol. The fraction of sp³-hybridized carbons (Fsp3) is 0.625. The Labute approximate surface area is 115 Å². The maximum atomic E-state index is 13.7. The zero-order valence-electron chi connectivity index (χ0n) is 11.7. The van der Waals surface area contributed by atoms with E-state index in [9.17, 15) is 4.39 Å². The largest absolute Gasteiger partial charge is 0.383 e. The number of rotatable bonds is 8. The van der Waals surface area contributed by atoms with Crippen molar-refractivity contribution in [3.63, 3.8) is 0 Å². The summed E-state index contributed by atoms with van der Waals surface area (Å²) < 4.78 is 18.8. The summed E-state index contributed by atoms with van der Waals surface area (Å²) in [6, 6.07) is 7.16. The van der Waals surface area contributed by atoms with E-state index in [0.717, 1.165) is 37.6 Å². The smallest absolute Gasteiger partial charge is 0.126 e. The lowest BCUT2D eigenvalue weighted by atomic mass is 9.73. The van der Waals surface area contributed by atoms with E-state index >= 15 is 0 Å². The predicted molar refractivity (Wildman–Crippen MR) is 75.7 cm³/mol. The number of methoxy groups -OCH3 is 1. The van der Waals surface area contributed by atoms with E-state index in [1.807, 2.05) is 12.1 Å². The summed E-state index contributed by atoms with van der Waals surface area (Å²) in [5.74, 6) is 1.24. The Balaban J connectivity index is 1.88. The molecule has 2 nitrogen and oxygen atoms in total. The van der Waals surface area contributed by atoms with E-state index in [2.05, 4.69) is 5.32 Å². The maximum Gasteiger partial charge on any atom is 0.126 e. The van der Waals surface area contributed by atoms with E-state index in [4.69, 9.17) is 4.74 Å². The molecule has 0 heterocycles. The SMILES string of the molecule is COCCNCC(Cc1ccccc1F)C1CCC1. The third kappa shape index (κ3) is 4.29. The lowest BCUT2D eigenvalue weighted by molar-refractivity contribution is 0.178. The number of ether oxygens (including phenoxy) is 1. The number of nitrogens with one attached hydrogen (secondary N) is 1. The van der Waals surface area contributed by atoms with Gasteiger partial charge in [0.15, 0.2) is 0 Å². The van der Waals surface area contributed by atoms with Crippen LogP contribution < -0.4 is 5.32 Å². The van der Waals surface area contributed by atoms with Crippen molar-refractivity contribution in [3.8, 4) is 0 Å². The van der Waals surface area contributed by atoms with Gasteiger partial charge in [-0.15, -0.1) is 0 Å². The molecule has 1 aromatic rings. The van der Waals surface area contributed by atoms with Crippen LogP contribution in [0.5, 0.6) is 0 Å². The van der Waals surface area contributed by atoms with E-state index in [1.54, 1.807) is 19.2 Å². The van der Waals surface area contributed by atoms with Gasteiger partial charge in [-0.25, -0.2) is 4.39 Å². The summed E-state index contributed by atoms with van der Waals surface area (Å²) in [6.45, 7) is 2.57. The summed E-state index contributed by atoms with van der Waals surface area (Å²) in [6.07, 6.45) is 4.77. The molecule has 1 N–H and O–H groups in total. The molecule has 1 aliphatic carbocycles. The van der Waals surface area contributed by atoms with Gasteiger partial charge in [0.2, 0.25) is 0 Å². The van der Waals surface area contributed by atoms with Crippen LogP contribution >= 0.6 is 0 Å². The minimum absolute atomic E-state index is 0.0660. The number of hydrogen-bond acceptors (Lipinski definition) is 2. The van der Waals surface area contributed by atoms with E-state index in [0.29, 0.717) is 5.92 Å². The molecule has 1 aromatic carbocycles. The van der Waals surface area contributed by atoms with E-state index in [-0.39, 0.29) is 5.82 Å². The van der Waals surface area contributed by atoms with E-state index < -0.39 is 0 Å². The van der Waals surface area contributed by atoms with Crippen LogP contribution in [0.1, 0.15) is 24.8 Å². The van der Waals surface area contributed by atoms with Crippen LogP contribution in [0.15, 0.2) is 24.3 Å². The first-order valence-corrected chi connectivity index (χ1v) is 7.24. The highest BCUT2D eigenvalue weighted by Gasteiger charge is 2.27. The second kappa shape index (κ2) is 7.61. The highest BCUT2D eigenvalue weighted by Crippen LogP contribution is 2.35. The van der Waals surface area contributed by atoms with Crippen molar-refractivity contribution >= 4 is 0 Å². The average Bonchev–Trinajstić information content (AvgIpc) is 2.35. The van der Waals surface area contributed by atoms with Gasteiger partial charge in [-0.1, -0.05) is 37.5 Å². The summed E-state index contributed by atoms with van der Waals surface area (Å²) in [7, 11) is 1.71. The van der Waals surface area contributed by atoms with Crippen molar-refractivity contribution in [3.05, 3.63) is 35.6 Å². The van der Waals surface area contributed by atoms with Gasteiger partial charge in [0, 0.05) is 13.7 Å². The van der Waals surface area contributed by atoms with Gasteiger partial charge < -0.3 is 10.1 Å². The summed E-state index contributed by atoms with van der Waals surface area (Å²) in [4.78, 5) is 0. The minimum Gasteiger partial charge on any atom is -0.383 e. The highest BCUT2D eigenvalue weighted by molar-refractivity contribution is 5.18. The van der Waals surface area contributed by atoms with Crippen molar-refractivity contribution in [2.75, 3.05) is 26.8 Å². The first-order chi connectivity index (χ1) is 9.31. The van der Waals surface area contributed by atoms with Crippen molar-refractivity contribution in [1.82, 2.24) is 5.32 Å². The molecule has 106 valence electrons. The molecule has 0 radical (unpaired) electrons. The molecule has 3 heteroatoms. The second-order valence-corrected chi connectivity index (χ2v) is 5.44. The maximum absolute atomic E-state index is 13.7. The van der Waals surface area contributed by atoms with Gasteiger partial charge in [0.25, 0.3) is 0 Å². The molecule has 2 rings (SSSR count). The summed E-state index contributed by atoms with van der Waals surface area (Å²) in [5.41, 5.74) is 0.855. The van der Waals surface area contributed by atoms with Gasteiger partial charge in [0.1, 0.15) is 5.82 Å². The molecule has 0 saturated heterocycles. The van der Waals surface area contributed by atoms with E-state index in [1.165, 1.54) is 19.3 Å². The molecule has 0 aliphatic heterocycles. The quantitative estimate of drug-likeness (QED) is 0.730. The standard InChI is InChI=1S/C16H24FNO/c1-19-10-9-18-12-15(13-6-4-7-13)11-14-5-2-3-8-16(14)17/h2-3,5,8,13,15,18H,4,6-7,9-12H2,1H3. The Morgan fingerprint density at radius 3 is 2.79 bits per heavy atom. The van der Waals surface area contributed by atoms with Gasteiger partial charge in [-0.3, -0.25) is 0 Å². The highest BCUT2D eigenvalue weighted by atomic mass is 19.1. The molecule has 1 unspecified atom stereocenters. The van der Waals surface area contributed by atoms with Crippen molar-refractivity contribution in [1.29, 1.82) is 0 Å². The van der Waals surface area contributed by atoms with Crippen LogP contribution in [0.25, 0.3) is 0 Å². The molecule has 0 spiro atoms. The summed E-state index contributed by atoms with van der Waals surface area (Å²) in [5, 5.41) is 3.43. The summed E-state index contributed by atoms with van der Waals surface area (Å²) >= 11 is 0. The number of benzene rings is 1. The Morgan fingerprint density at radius 1 is 1.37 bits per heavy atom. The molecule has 0 aromatic heterocycles. The molecule has 1 aliphatic rings. The minimum atomic E-state index is -0.0660. The monoisotopic (exact) mass is 265 g/mol. The van der Waals surface area contributed by atoms with Gasteiger partial charge in [-0.05, 0) is 36.4 Å². The first-order valence-electron chi connectivity index (χ1n) is 7.24. The lowest BCUT2D eigenvalue weighted by Crippen LogP contribution is -2.34. The van der Waals surface area contributed by atoms with Gasteiger partial charge in [-0.2, -0.15) is 0 Å². The fourth-order valence-electron chi connectivity index (χ4n) is 2.72. The topological polar surface area (TPSA) is 21.3 Å². The second-order valence-electron chi connectivity index (χ2n) is 5.44. The number of hydrogen-bond donors (Lipinski definition) is 1. The Hall–Kier alpha value is -0.930. The van der Waals surface area contributed by atoms with Crippen molar-refractivity contribution in [2.45, 2.75) is 25.7 Å². The predicted octanol–water partition coefficient (Wildman–Crippen LogP) is 3.02. The molecule has 1 saturated carbocycles. The van der Waals surface area contributed by atoms with Crippen molar-refractivity contribution < 1.29 is 9.13 Å². The molecular formula is C16H24FNO. The molecule has 0 amide bonds. The lowest BCUT2D eigenvalue weighted by Gasteiger charge is -2.34. The van der Waals surface area contributed by atoms with Crippen LogP contribution in [0, 0.1) is 17.7 Å². The van der Waals surface area contributed by atoms with Crippen LogP contribution in [-0.2, 0) is 11.2 Å². The molecule has 1 fully saturated rings. The Kier molecular flexibility index (Phi) is 5.80. The van der Waals surface area contributed by atoms with Gasteiger partial charge in [0.05, 0.1) is 6.61 Å². The zero-order valence-corrected chi connectivity index (χ0v) is 11.7. The normalized spacial score (nSPS) is 17.2.